The molecule has 1 N–H and O–H groups in total. The van der Waals surface area contributed by atoms with E-state index < -0.39 is 0 Å². The van der Waals surface area contributed by atoms with E-state index in [1.165, 1.54) is 0 Å². The number of nitrogens with zero attached hydrogens (tertiary/aromatic N) is 4. The normalized spacial score (nSPS) is 10.3. The third kappa shape index (κ3) is 4.17. The second kappa shape index (κ2) is 8.01. The van der Waals surface area contributed by atoms with Crippen molar-refractivity contribution in [3.8, 4) is 0 Å². The predicted octanol–water partition coefficient (Wildman–Crippen LogP) is 2.96. The summed E-state index contributed by atoms with van der Waals surface area (Å²) in [4.78, 5) is 27.0. The summed E-state index contributed by atoms with van der Waals surface area (Å²) in [7, 11) is 0. The van der Waals surface area contributed by atoms with Gasteiger partial charge < -0.3 is 10.2 Å². The summed E-state index contributed by atoms with van der Waals surface area (Å²) in [6, 6.07) is 15.5. The average molecular weight is 333 g/mol. The first-order valence-corrected chi connectivity index (χ1v) is 8.10. The lowest BCUT2D eigenvalue weighted by Crippen LogP contribution is -2.24. The van der Waals surface area contributed by atoms with E-state index in [1.807, 2.05) is 60.4 Å². The summed E-state index contributed by atoms with van der Waals surface area (Å²) in [5, 5.41) is 2.81. The van der Waals surface area contributed by atoms with E-state index in [-0.39, 0.29) is 5.91 Å². The van der Waals surface area contributed by atoms with Gasteiger partial charge in [0, 0.05) is 30.8 Å². The van der Waals surface area contributed by atoms with Crippen molar-refractivity contribution in [2.45, 2.75) is 13.5 Å². The van der Waals surface area contributed by atoms with Crippen LogP contribution in [-0.4, -0.2) is 27.4 Å². The zero-order valence-corrected chi connectivity index (χ0v) is 14.0. The van der Waals surface area contributed by atoms with Crippen LogP contribution in [0.4, 0.5) is 11.6 Å². The molecule has 0 saturated carbocycles. The highest BCUT2D eigenvalue weighted by atomic mass is 16.1. The van der Waals surface area contributed by atoms with E-state index in [9.17, 15) is 4.79 Å². The standard InChI is InChI=1S/C19H19N5O/c1-2-24(17-9-4-3-5-10-17)19-22-12-15(13-23-19)18(25)21-14-16-8-6-7-11-20-16/h3-13H,2,14H2,1H3,(H,21,25). The molecular formula is C19H19N5O. The molecule has 0 fully saturated rings. The molecule has 2 heterocycles. The Labute approximate surface area is 146 Å². The molecule has 25 heavy (non-hydrogen) atoms. The van der Waals surface area contributed by atoms with Crippen molar-refractivity contribution in [2.24, 2.45) is 0 Å². The van der Waals surface area contributed by atoms with Crippen molar-refractivity contribution < 1.29 is 4.79 Å². The third-order valence-electron chi connectivity index (χ3n) is 3.68. The van der Waals surface area contributed by atoms with E-state index in [1.54, 1.807) is 18.6 Å². The number of benzene rings is 1. The minimum atomic E-state index is -0.222. The molecule has 1 aromatic carbocycles. The first-order valence-electron chi connectivity index (χ1n) is 8.10. The molecule has 0 atom stereocenters. The third-order valence-corrected chi connectivity index (χ3v) is 3.68. The summed E-state index contributed by atoms with van der Waals surface area (Å²) in [6.07, 6.45) is 4.78. The Kier molecular flexibility index (Phi) is 5.31. The van der Waals surface area contributed by atoms with Crippen LogP contribution in [0.2, 0.25) is 0 Å². The number of aromatic nitrogens is 3. The van der Waals surface area contributed by atoms with Gasteiger partial charge in [-0.25, -0.2) is 9.97 Å². The second-order valence-corrected chi connectivity index (χ2v) is 5.36. The lowest BCUT2D eigenvalue weighted by atomic mass is 10.3. The molecule has 0 unspecified atom stereocenters. The van der Waals surface area contributed by atoms with Gasteiger partial charge in [-0.3, -0.25) is 9.78 Å². The lowest BCUT2D eigenvalue weighted by Gasteiger charge is -2.20. The van der Waals surface area contributed by atoms with E-state index in [2.05, 4.69) is 20.3 Å². The van der Waals surface area contributed by atoms with Crippen LogP contribution in [0.5, 0.6) is 0 Å². The van der Waals surface area contributed by atoms with Gasteiger partial charge in [0.2, 0.25) is 5.95 Å². The van der Waals surface area contributed by atoms with Gasteiger partial charge in [0.05, 0.1) is 17.8 Å². The highest BCUT2D eigenvalue weighted by Crippen LogP contribution is 2.20. The molecule has 0 radical (unpaired) electrons. The Morgan fingerprint density at radius 1 is 1.00 bits per heavy atom. The van der Waals surface area contributed by atoms with Crippen LogP contribution in [-0.2, 0) is 6.54 Å². The molecule has 0 aliphatic carbocycles. The number of amides is 1. The SMILES string of the molecule is CCN(c1ccccc1)c1ncc(C(=O)NCc2ccccn2)cn1. The van der Waals surface area contributed by atoms with E-state index in [0.717, 1.165) is 17.9 Å². The second-order valence-electron chi connectivity index (χ2n) is 5.36. The van der Waals surface area contributed by atoms with Gasteiger partial charge in [-0.15, -0.1) is 0 Å². The van der Waals surface area contributed by atoms with Crippen molar-refractivity contribution in [3.63, 3.8) is 0 Å². The van der Waals surface area contributed by atoms with Gasteiger partial charge in [0.15, 0.2) is 0 Å². The Morgan fingerprint density at radius 2 is 1.72 bits per heavy atom. The number of para-hydroxylation sites is 1. The molecular weight excluding hydrogens is 314 g/mol. The minimum Gasteiger partial charge on any atom is -0.346 e. The maximum absolute atomic E-state index is 12.2. The van der Waals surface area contributed by atoms with Crippen LogP contribution >= 0.6 is 0 Å². The van der Waals surface area contributed by atoms with Gasteiger partial charge in [0.25, 0.3) is 5.91 Å². The molecule has 6 nitrogen and oxygen atoms in total. The first-order chi connectivity index (χ1) is 12.3. The van der Waals surface area contributed by atoms with E-state index in [0.29, 0.717) is 18.1 Å². The number of rotatable bonds is 6. The molecule has 1 amide bonds. The number of carbonyl (C=O) groups excluding carboxylic acids is 1. The lowest BCUT2D eigenvalue weighted by molar-refractivity contribution is 0.0949. The summed E-state index contributed by atoms with van der Waals surface area (Å²) >= 11 is 0. The van der Waals surface area contributed by atoms with Crippen LogP contribution in [0.1, 0.15) is 23.0 Å². The van der Waals surface area contributed by atoms with Crippen LogP contribution in [0.15, 0.2) is 67.1 Å². The maximum Gasteiger partial charge on any atom is 0.254 e. The number of carbonyl (C=O) groups is 1. The molecule has 3 rings (SSSR count). The quantitative estimate of drug-likeness (QED) is 0.751. The maximum atomic E-state index is 12.2. The first kappa shape index (κ1) is 16.6. The van der Waals surface area contributed by atoms with Crippen molar-refractivity contribution in [2.75, 3.05) is 11.4 Å². The largest absolute Gasteiger partial charge is 0.346 e. The fourth-order valence-electron chi connectivity index (χ4n) is 2.40. The number of nitrogens with one attached hydrogen (secondary N) is 1. The zero-order valence-electron chi connectivity index (χ0n) is 14.0. The zero-order chi connectivity index (χ0) is 17.5. The summed E-state index contributed by atoms with van der Waals surface area (Å²) in [5.41, 5.74) is 2.23. The fourth-order valence-corrected chi connectivity index (χ4v) is 2.40. The van der Waals surface area contributed by atoms with Crippen molar-refractivity contribution in [1.29, 1.82) is 0 Å². The van der Waals surface area contributed by atoms with Crippen LogP contribution in [0.25, 0.3) is 0 Å². The number of pyridine rings is 1. The van der Waals surface area contributed by atoms with Gasteiger partial charge in [-0.1, -0.05) is 24.3 Å². The Balaban J connectivity index is 1.68. The predicted molar refractivity (Wildman–Crippen MR) is 96.6 cm³/mol. The number of hydrogen-bond donors (Lipinski definition) is 1. The topological polar surface area (TPSA) is 71.0 Å². The highest BCUT2D eigenvalue weighted by Gasteiger charge is 2.12. The molecule has 2 aromatic heterocycles. The van der Waals surface area contributed by atoms with Crippen LogP contribution in [0.3, 0.4) is 0 Å². The molecule has 0 saturated heterocycles. The van der Waals surface area contributed by atoms with Gasteiger partial charge in [0.1, 0.15) is 0 Å². The summed E-state index contributed by atoms with van der Waals surface area (Å²) in [5.74, 6) is 0.343. The fraction of sp³-hybridized carbons (Fsp3) is 0.158. The van der Waals surface area contributed by atoms with Gasteiger partial charge in [-0.2, -0.15) is 0 Å². The Morgan fingerprint density at radius 3 is 2.36 bits per heavy atom. The number of hydrogen-bond acceptors (Lipinski definition) is 5. The molecule has 0 aliphatic heterocycles. The molecule has 126 valence electrons. The van der Waals surface area contributed by atoms with Crippen molar-refractivity contribution >= 4 is 17.5 Å². The summed E-state index contributed by atoms with van der Waals surface area (Å²) in [6.45, 7) is 3.13. The van der Waals surface area contributed by atoms with Crippen molar-refractivity contribution in [3.05, 3.63) is 78.4 Å². The van der Waals surface area contributed by atoms with Crippen molar-refractivity contribution in [1.82, 2.24) is 20.3 Å². The smallest absolute Gasteiger partial charge is 0.254 e. The molecule has 0 aliphatic rings. The van der Waals surface area contributed by atoms with Crippen LogP contribution < -0.4 is 10.2 Å². The Hall–Kier alpha value is -3.28. The van der Waals surface area contributed by atoms with Gasteiger partial charge >= 0.3 is 0 Å². The molecule has 3 aromatic rings. The van der Waals surface area contributed by atoms with E-state index in [4.69, 9.17) is 0 Å². The van der Waals surface area contributed by atoms with E-state index >= 15 is 0 Å². The minimum absolute atomic E-state index is 0.222. The van der Waals surface area contributed by atoms with Crippen LogP contribution in [0, 0.1) is 0 Å². The summed E-state index contributed by atoms with van der Waals surface area (Å²) < 4.78 is 0. The monoisotopic (exact) mass is 333 g/mol. The van der Waals surface area contributed by atoms with Gasteiger partial charge in [-0.05, 0) is 31.2 Å². The Bertz CT molecular complexity index is 806. The molecule has 0 bridgehead atoms. The average Bonchev–Trinajstić information content (AvgIpc) is 2.69. The molecule has 6 heteroatoms. The number of anilines is 2. The highest BCUT2D eigenvalue weighted by molar-refractivity contribution is 5.93. The molecule has 0 spiro atoms.